The number of aryl methyl sites for hydroxylation is 1. The molecule has 0 fully saturated rings. The van der Waals surface area contributed by atoms with Crippen molar-refractivity contribution in [2.75, 3.05) is 13.6 Å². The summed E-state index contributed by atoms with van der Waals surface area (Å²) in [5, 5.41) is 3.32. The van der Waals surface area contributed by atoms with Gasteiger partial charge in [0.15, 0.2) is 0 Å². The van der Waals surface area contributed by atoms with Crippen molar-refractivity contribution >= 4 is 21.4 Å². The maximum absolute atomic E-state index is 12.5. The molecule has 1 atom stereocenters. The fourth-order valence-corrected chi connectivity index (χ4v) is 4.99. The first kappa shape index (κ1) is 17.6. The zero-order chi connectivity index (χ0) is 15.3. The van der Waals surface area contributed by atoms with Gasteiger partial charge in [-0.05, 0) is 44.9 Å². The van der Waals surface area contributed by atoms with E-state index in [1.807, 2.05) is 20.8 Å². The maximum Gasteiger partial charge on any atom is 0.252 e. The van der Waals surface area contributed by atoms with E-state index in [4.69, 9.17) is 0 Å². The second kappa shape index (κ2) is 7.54. The first-order chi connectivity index (χ1) is 9.34. The smallest absolute Gasteiger partial charge is 0.252 e. The Kier molecular flexibility index (Phi) is 6.64. The summed E-state index contributed by atoms with van der Waals surface area (Å²) in [6, 6.07) is 1.81. The van der Waals surface area contributed by atoms with Gasteiger partial charge in [-0.2, -0.15) is 4.31 Å². The third-order valence-corrected chi connectivity index (χ3v) is 7.21. The molecular weight excluding hydrogens is 292 g/mol. The fourth-order valence-electron chi connectivity index (χ4n) is 1.81. The third-order valence-electron chi connectivity index (χ3n) is 3.56. The average Bonchev–Trinajstić information content (AvgIpc) is 2.79. The van der Waals surface area contributed by atoms with Crippen molar-refractivity contribution in [1.29, 1.82) is 0 Å². The van der Waals surface area contributed by atoms with Crippen molar-refractivity contribution in [2.45, 2.75) is 57.3 Å². The van der Waals surface area contributed by atoms with Crippen LogP contribution in [-0.2, 0) is 16.6 Å². The zero-order valence-electron chi connectivity index (χ0n) is 13.1. The van der Waals surface area contributed by atoms with Crippen molar-refractivity contribution in [2.24, 2.45) is 0 Å². The predicted molar refractivity (Wildman–Crippen MR) is 85.8 cm³/mol. The van der Waals surface area contributed by atoms with Crippen LogP contribution >= 0.6 is 11.3 Å². The zero-order valence-corrected chi connectivity index (χ0v) is 14.7. The highest BCUT2D eigenvalue weighted by Gasteiger charge is 2.26. The molecule has 1 heterocycles. The Bertz CT molecular complexity index is 523. The minimum atomic E-state index is -3.36. The van der Waals surface area contributed by atoms with Crippen LogP contribution < -0.4 is 5.32 Å². The molecule has 1 rings (SSSR count). The monoisotopic (exact) mass is 318 g/mol. The molecule has 0 spiro atoms. The Labute approximate surface area is 127 Å². The highest BCUT2D eigenvalue weighted by molar-refractivity contribution is 7.91. The minimum absolute atomic E-state index is 0.0177. The van der Waals surface area contributed by atoms with E-state index in [0.717, 1.165) is 36.4 Å². The van der Waals surface area contributed by atoms with Gasteiger partial charge in [0.1, 0.15) is 4.21 Å². The van der Waals surface area contributed by atoms with Crippen molar-refractivity contribution < 1.29 is 8.42 Å². The molecular formula is C14H26N2O2S2. The SMILES string of the molecule is CCCNCc1sc(S(=O)(=O)N(C)C(C)CC)cc1C. The van der Waals surface area contributed by atoms with Crippen LogP contribution in [0.25, 0.3) is 0 Å². The van der Waals surface area contributed by atoms with Crippen molar-refractivity contribution in [3.8, 4) is 0 Å². The van der Waals surface area contributed by atoms with Gasteiger partial charge in [-0.1, -0.05) is 13.8 Å². The highest BCUT2D eigenvalue weighted by atomic mass is 32.2. The van der Waals surface area contributed by atoms with E-state index in [-0.39, 0.29) is 6.04 Å². The molecule has 0 saturated heterocycles. The lowest BCUT2D eigenvalue weighted by Crippen LogP contribution is -2.34. The molecule has 1 unspecified atom stereocenters. The summed E-state index contributed by atoms with van der Waals surface area (Å²) < 4.78 is 27.0. The van der Waals surface area contributed by atoms with Crippen LogP contribution in [0.15, 0.2) is 10.3 Å². The van der Waals surface area contributed by atoms with Crippen LogP contribution in [0.2, 0.25) is 0 Å². The van der Waals surface area contributed by atoms with Crippen LogP contribution in [0.3, 0.4) is 0 Å². The van der Waals surface area contributed by atoms with Gasteiger partial charge in [0.2, 0.25) is 0 Å². The molecule has 20 heavy (non-hydrogen) atoms. The third kappa shape index (κ3) is 4.04. The van der Waals surface area contributed by atoms with Crippen molar-refractivity contribution in [1.82, 2.24) is 9.62 Å². The van der Waals surface area contributed by atoms with E-state index < -0.39 is 10.0 Å². The molecule has 0 amide bonds. The van der Waals surface area contributed by atoms with E-state index >= 15 is 0 Å². The minimum Gasteiger partial charge on any atom is -0.312 e. The van der Waals surface area contributed by atoms with E-state index in [9.17, 15) is 8.42 Å². The number of thiophene rings is 1. The van der Waals surface area contributed by atoms with Gasteiger partial charge in [-0.3, -0.25) is 0 Å². The number of nitrogens with zero attached hydrogens (tertiary/aromatic N) is 1. The molecule has 0 aliphatic heterocycles. The van der Waals surface area contributed by atoms with Crippen molar-refractivity contribution in [3.05, 3.63) is 16.5 Å². The fraction of sp³-hybridized carbons (Fsp3) is 0.714. The Hall–Kier alpha value is -0.430. The summed E-state index contributed by atoms with van der Waals surface area (Å²) in [6.45, 7) is 9.71. The molecule has 0 aliphatic carbocycles. The summed E-state index contributed by atoms with van der Waals surface area (Å²) in [5.74, 6) is 0. The lowest BCUT2D eigenvalue weighted by Gasteiger charge is -2.22. The van der Waals surface area contributed by atoms with Gasteiger partial charge < -0.3 is 5.32 Å². The lowest BCUT2D eigenvalue weighted by molar-refractivity contribution is 0.381. The molecule has 1 aromatic heterocycles. The second-order valence-corrected chi connectivity index (χ2v) is 8.49. The number of sulfonamides is 1. The van der Waals surface area contributed by atoms with E-state index in [1.165, 1.54) is 15.6 Å². The van der Waals surface area contributed by atoms with Gasteiger partial charge >= 0.3 is 0 Å². The quantitative estimate of drug-likeness (QED) is 0.750. The Morgan fingerprint density at radius 2 is 2.05 bits per heavy atom. The highest BCUT2D eigenvalue weighted by Crippen LogP contribution is 2.29. The van der Waals surface area contributed by atoms with E-state index in [0.29, 0.717) is 4.21 Å². The van der Waals surface area contributed by atoms with Crippen LogP contribution in [0.4, 0.5) is 0 Å². The Balaban J connectivity index is 2.94. The molecule has 0 bridgehead atoms. The molecule has 0 saturated carbocycles. The maximum atomic E-state index is 12.5. The van der Waals surface area contributed by atoms with Gasteiger partial charge in [0.05, 0.1) is 0 Å². The van der Waals surface area contributed by atoms with E-state index in [2.05, 4.69) is 12.2 Å². The summed E-state index contributed by atoms with van der Waals surface area (Å²) in [4.78, 5) is 1.11. The predicted octanol–water partition coefficient (Wildman–Crippen LogP) is 2.98. The number of hydrogen-bond donors (Lipinski definition) is 1. The van der Waals surface area contributed by atoms with Crippen LogP contribution in [0, 0.1) is 6.92 Å². The largest absolute Gasteiger partial charge is 0.312 e. The Morgan fingerprint density at radius 1 is 1.40 bits per heavy atom. The summed E-state index contributed by atoms with van der Waals surface area (Å²) in [7, 11) is -1.70. The van der Waals surface area contributed by atoms with Gasteiger partial charge in [-0.15, -0.1) is 11.3 Å². The topological polar surface area (TPSA) is 49.4 Å². The van der Waals surface area contributed by atoms with Gasteiger partial charge in [0, 0.05) is 24.5 Å². The molecule has 0 aliphatic rings. The number of nitrogens with one attached hydrogen (secondary N) is 1. The lowest BCUT2D eigenvalue weighted by atomic mass is 10.3. The Morgan fingerprint density at radius 3 is 2.60 bits per heavy atom. The summed E-state index contributed by atoms with van der Waals surface area (Å²) >= 11 is 1.38. The molecule has 0 radical (unpaired) electrons. The first-order valence-electron chi connectivity index (χ1n) is 7.12. The molecule has 4 nitrogen and oxygen atoms in total. The normalized spacial score (nSPS) is 13.9. The second-order valence-electron chi connectivity index (χ2n) is 5.13. The average molecular weight is 319 g/mol. The van der Waals surface area contributed by atoms with E-state index in [1.54, 1.807) is 13.1 Å². The molecule has 6 heteroatoms. The molecule has 1 N–H and O–H groups in total. The van der Waals surface area contributed by atoms with Crippen LogP contribution in [0.5, 0.6) is 0 Å². The van der Waals surface area contributed by atoms with Crippen LogP contribution in [-0.4, -0.2) is 32.4 Å². The first-order valence-corrected chi connectivity index (χ1v) is 9.38. The standard InChI is InChI=1S/C14H26N2O2S2/c1-6-8-15-10-13-11(3)9-14(19-13)20(17,18)16(5)12(4)7-2/h9,12,15H,6-8,10H2,1-5H3. The summed E-state index contributed by atoms with van der Waals surface area (Å²) in [6.07, 6.45) is 1.89. The number of rotatable bonds is 8. The van der Waals surface area contributed by atoms with Gasteiger partial charge in [0.25, 0.3) is 10.0 Å². The molecule has 0 aromatic carbocycles. The molecule has 116 valence electrons. The van der Waals surface area contributed by atoms with Crippen LogP contribution in [0.1, 0.15) is 44.1 Å². The summed E-state index contributed by atoms with van der Waals surface area (Å²) in [5.41, 5.74) is 1.05. The van der Waals surface area contributed by atoms with Gasteiger partial charge in [-0.25, -0.2) is 8.42 Å². The van der Waals surface area contributed by atoms with Crippen molar-refractivity contribution in [3.63, 3.8) is 0 Å². The number of hydrogen-bond acceptors (Lipinski definition) is 4. The molecule has 1 aromatic rings.